The van der Waals surface area contributed by atoms with Gasteiger partial charge in [0.05, 0.1) is 36.3 Å². The normalized spacial score (nSPS) is 28.7. The Bertz CT molecular complexity index is 789. The number of nitrogens with one attached hydrogen (secondary N) is 3. The lowest BCUT2D eigenvalue weighted by molar-refractivity contribution is -0.140. The van der Waals surface area contributed by atoms with Crippen LogP contribution >= 0.6 is 0 Å². The van der Waals surface area contributed by atoms with Crippen LogP contribution in [0.4, 0.5) is 17.6 Å². The fraction of sp³-hybridized carbons (Fsp3) is 0.632. The first kappa shape index (κ1) is 22.9. The molecule has 5 unspecified atom stereocenters. The minimum atomic E-state index is -4.78. The van der Waals surface area contributed by atoms with E-state index >= 15 is 0 Å². The largest absolute Gasteiger partial charge is 0.419 e. The molecule has 30 heavy (non-hydrogen) atoms. The molecule has 0 bridgehead atoms. The maximum Gasteiger partial charge on any atom is 0.419 e. The van der Waals surface area contributed by atoms with Gasteiger partial charge in [-0.05, 0) is 37.7 Å². The van der Waals surface area contributed by atoms with Crippen LogP contribution in [0.15, 0.2) is 18.2 Å². The number of halogens is 4. The molecule has 11 heteroatoms. The summed E-state index contributed by atoms with van der Waals surface area (Å²) in [7, 11) is 3.55. The standard InChI is InChI=1S/C19H27F4N5O2/c1-9(2)15(10-5-6-11(12(20)7-10)19(21,22)23)28-16-14(13(8-29)26-28)17(30)25-18(24-16)27(3)4/h5-7,9,13-16,18,24,26,29H,8H2,1-4H3,(H,25,30). The number of fused-ring (bicyclic) bond motifs is 1. The van der Waals surface area contributed by atoms with Crippen molar-refractivity contribution in [3.63, 3.8) is 0 Å². The molecule has 0 aromatic heterocycles. The van der Waals surface area contributed by atoms with E-state index in [1.807, 2.05) is 13.8 Å². The summed E-state index contributed by atoms with van der Waals surface area (Å²) in [6.07, 6.45) is -5.81. The van der Waals surface area contributed by atoms with Crippen LogP contribution in [0.25, 0.3) is 0 Å². The highest BCUT2D eigenvalue weighted by Crippen LogP contribution is 2.38. The summed E-state index contributed by atoms with van der Waals surface area (Å²) in [6, 6.07) is 1.74. The van der Waals surface area contributed by atoms with Crippen molar-refractivity contribution in [1.82, 2.24) is 26.0 Å². The van der Waals surface area contributed by atoms with Crippen LogP contribution in [0.2, 0.25) is 0 Å². The summed E-state index contributed by atoms with van der Waals surface area (Å²) < 4.78 is 53.2. The lowest BCUT2D eigenvalue weighted by atomic mass is 9.91. The van der Waals surface area contributed by atoms with Crippen LogP contribution in [-0.2, 0) is 11.0 Å². The number of hydrazine groups is 1. The summed E-state index contributed by atoms with van der Waals surface area (Å²) in [6.45, 7) is 3.40. The van der Waals surface area contributed by atoms with Gasteiger partial charge >= 0.3 is 6.18 Å². The molecule has 168 valence electrons. The third-order valence-corrected chi connectivity index (χ3v) is 5.58. The summed E-state index contributed by atoms with van der Waals surface area (Å²) in [5.74, 6) is -2.38. The van der Waals surface area contributed by atoms with Crippen molar-refractivity contribution in [3.05, 3.63) is 35.1 Å². The molecule has 2 saturated heterocycles. The summed E-state index contributed by atoms with van der Waals surface area (Å²) >= 11 is 0. The van der Waals surface area contributed by atoms with E-state index in [1.54, 1.807) is 24.0 Å². The molecule has 5 atom stereocenters. The van der Waals surface area contributed by atoms with Crippen molar-refractivity contribution in [1.29, 1.82) is 0 Å². The van der Waals surface area contributed by atoms with Crippen molar-refractivity contribution >= 4 is 5.91 Å². The maximum absolute atomic E-state index is 14.3. The van der Waals surface area contributed by atoms with Gasteiger partial charge in [0.2, 0.25) is 5.91 Å². The van der Waals surface area contributed by atoms with Gasteiger partial charge in [-0.3, -0.25) is 15.0 Å². The first-order valence-electron chi connectivity index (χ1n) is 9.70. The van der Waals surface area contributed by atoms with E-state index in [0.717, 1.165) is 12.1 Å². The van der Waals surface area contributed by atoms with E-state index in [4.69, 9.17) is 0 Å². The van der Waals surface area contributed by atoms with Crippen LogP contribution in [0.5, 0.6) is 0 Å². The zero-order valence-corrected chi connectivity index (χ0v) is 17.2. The number of aliphatic hydroxyl groups is 1. The van der Waals surface area contributed by atoms with Gasteiger partial charge < -0.3 is 10.4 Å². The Morgan fingerprint density at radius 2 is 1.93 bits per heavy atom. The highest BCUT2D eigenvalue weighted by Gasteiger charge is 2.52. The highest BCUT2D eigenvalue weighted by molar-refractivity contribution is 5.81. The lowest BCUT2D eigenvalue weighted by Crippen LogP contribution is -2.68. The number of benzene rings is 1. The van der Waals surface area contributed by atoms with Crippen LogP contribution in [-0.4, -0.2) is 60.1 Å². The number of hydrogen-bond donors (Lipinski definition) is 4. The van der Waals surface area contributed by atoms with Crippen molar-refractivity contribution < 1.29 is 27.5 Å². The molecule has 2 fully saturated rings. The first-order valence-corrected chi connectivity index (χ1v) is 9.70. The number of alkyl halides is 3. The lowest BCUT2D eigenvalue weighted by Gasteiger charge is -2.42. The zero-order valence-electron chi connectivity index (χ0n) is 17.2. The molecule has 1 aromatic carbocycles. The number of amides is 1. The zero-order chi connectivity index (χ0) is 22.4. The molecule has 4 N–H and O–H groups in total. The Morgan fingerprint density at radius 3 is 2.43 bits per heavy atom. The van der Waals surface area contributed by atoms with Crippen LogP contribution in [0, 0.1) is 17.7 Å². The van der Waals surface area contributed by atoms with E-state index < -0.39 is 48.0 Å². The molecule has 2 heterocycles. The predicted molar refractivity (Wildman–Crippen MR) is 101 cm³/mol. The molecule has 0 radical (unpaired) electrons. The Morgan fingerprint density at radius 1 is 1.27 bits per heavy atom. The average molecular weight is 433 g/mol. The van der Waals surface area contributed by atoms with Gasteiger partial charge in [0.1, 0.15) is 12.1 Å². The fourth-order valence-corrected chi connectivity index (χ4v) is 4.19. The Hall–Kier alpha value is -1.79. The maximum atomic E-state index is 14.3. The SMILES string of the molecule is CC(C)C(c1ccc(C(F)(F)F)c(F)c1)N1NC(CO)C2C(=O)NC(N(C)C)NC21. The van der Waals surface area contributed by atoms with Crippen molar-refractivity contribution in [2.24, 2.45) is 11.8 Å². The molecule has 0 spiro atoms. The number of carbonyl (C=O) groups is 1. The number of hydrogen-bond acceptors (Lipinski definition) is 6. The first-order chi connectivity index (χ1) is 14.0. The van der Waals surface area contributed by atoms with E-state index in [9.17, 15) is 27.5 Å². The van der Waals surface area contributed by atoms with Gasteiger partial charge in [-0.2, -0.15) is 13.2 Å². The monoisotopic (exact) mass is 433 g/mol. The quantitative estimate of drug-likeness (QED) is 0.524. The van der Waals surface area contributed by atoms with Gasteiger partial charge in [0.15, 0.2) is 0 Å². The number of carbonyl (C=O) groups excluding carboxylic acids is 1. The summed E-state index contributed by atoms with van der Waals surface area (Å²) in [5, 5.41) is 17.6. The molecule has 1 amide bonds. The van der Waals surface area contributed by atoms with Crippen LogP contribution in [0.3, 0.4) is 0 Å². The molecule has 3 rings (SSSR count). The van der Waals surface area contributed by atoms with Crippen LogP contribution in [0.1, 0.15) is 31.0 Å². The van der Waals surface area contributed by atoms with Gasteiger partial charge in [-0.1, -0.05) is 19.9 Å². The highest BCUT2D eigenvalue weighted by atomic mass is 19.4. The van der Waals surface area contributed by atoms with E-state index in [2.05, 4.69) is 16.1 Å². The van der Waals surface area contributed by atoms with Gasteiger partial charge in [0.25, 0.3) is 0 Å². The molecule has 0 saturated carbocycles. The van der Waals surface area contributed by atoms with Gasteiger partial charge in [-0.15, -0.1) is 0 Å². The summed E-state index contributed by atoms with van der Waals surface area (Å²) in [4.78, 5) is 14.5. The Labute approximate surface area is 172 Å². The van der Waals surface area contributed by atoms with Gasteiger partial charge in [-0.25, -0.2) is 14.8 Å². The van der Waals surface area contributed by atoms with E-state index in [-0.39, 0.29) is 18.4 Å². The predicted octanol–water partition coefficient (Wildman–Crippen LogP) is 1.23. The second-order valence-electron chi connectivity index (χ2n) is 8.26. The second kappa shape index (κ2) is 8.39. The minimum absolute atomic E-state index is 0.142. The van der Waals surface area contributed by atoms with Crippen LogP contribution < -0.4 is 16.1 Å². The number of nitrogens with zero attached hydrogens (tertiary/aromatic N) is 2. The number of aliphatic hydroxyl groups excluding tert-OH is 1. The van der Waals surface area contributed by atoms with Crippen molar-refractivity contribution in [3.8, 4) is 0 Å². The Kier molecular flexibility index (Phi) is 6.40. The van der Waals surface area contributed by atoms with Crippen molar-refractivity contribution in [2.45, 2.75) is 44.6 Å². The van der Waals surface area contributed by atoms with E-state index in [1.165, 1.54) is 6.07 Å². The molecule has 2 aliphatic heterocycles. The molecular weight excluding hydrogens is 406 g/mol. The van der Waals surface area contributed by atoms with Crippen molar-refractivity contribution in [2.75, 3.05) is 20.7 Å². The molecule has 2 aliphatic rings. The van der Waals surface area contributed by atoms with Gasteiger partial charge in [0, 0.05) is 0 Å². The second-order valence-corrected chi connectivity index (χ2v) is 8.26. The van der Waals surface area contributed by atoms with E-state index in [0.29, 0.717) is 5.56 Å². The Balaban J connectivity index is 1.99. The smallest absolute Gasteiger partial charge is 0.395 e. The molecule has 7 nitrogen and oxygen atoms in total. The minimum Gasteiger partial charge on any atom is -0.395 e. The topological polar surface area (TPSA) is 79.9 Å². The fourth-order valence-electron chi connectivity index (χ4n) is 4.19. The number of rotatable bonds is 5. The molecular formula is C19H27F4N5O2. The third-order valence-electron chi connectivity index (χ3n) is 5.58. The average Bonchev–Trinajstić information content (AvgIpc) is 2.99. The molecule has 1 aromatic rings. The summed E-state index contributed by atoms with van der Waals surface area (Å²) in [5.41, 5.74) is 2.13. The third kappa shape index (κ3) is 4.17. The molecule has 0 aliphatic carbocycles.